The highest BCUT2D eigenvalue weighted by Gasteiger charge is 2.31. The van der Waals surface area contributed by atoms with Gasteiger partial charge in [0, 0.05) is 22.8 Å². The molecule has 17 heavy (non-hydrogen) atoms. The predicted octanol–water partition coefficient (Wildman–Crippen LogP) is 3.81. The Labute approximate surface area is 119 Å². The van der Waals surface area contributed by atoms with E-state index in [2.05, 4.69) is 57.8 Å². The van der Waals surface area contributed by atoms with Crippen molar-refractivity contribution in [1.82, 2.24) is 0 Å². The minimum Gasteiger partial charge on any atom is -0.311 e. The molecule has 2 rings (SSSR count). The van der Waals surface area contributed by atoms with E-state index in [1.807, 2.05) is 4.90 Å². The second-order valence-corrected chi connectivity index (χ2v) is 6.14. The van der Waals surface area contributed by atoms with Gasteiger partial charge in [0.25, 0.3) is 0 Å². The summed E-state index contributed by atoms with van der Waals surface area (Å²) in [6.07, 6.45) is 0.644. The van der Waals surface area contributed by atoms with E-state index in [1.165, 1.54) is 5.56 Å². The number of aryl methyl sites for hydroxylation is 2. The van der Waals surface area contributed by atoms with E-state index >= 15 is 0 Å². The number of hydrogen-bond donors (Lipinski definition) is 0. The van der Waals surface area contributed by atoms with E-state index in [9.17, 15) is 4.79 Å². The number of rotatable bonds is 2. The number of halogens is 2. The Morgan fingerprint density at radius 1 is 1.41 bits per heavy atom. The number of carbonyl (C=O) groups excluding carboxylic acids is 1. The van der Waals surface area contributed by atoms with Gasteiger partial charge < -0.3 is 4.90 Å². The van der Waals surface area contributed by atoms with Crippen molar-refractivity contribution in [3.8, 4) is 0 Å². The topological polar surface area (TPSA) is 20.3 Å². The van der Waals surface area contributed by atoms with Gasteiger partial charge in [-0.25, -0.2) is 0 Å². The fourth-order valence-corrected chi connectivity index (χ4v) is 3.67. The normalized spacial score (nSPS) is 20.1. The van der Waals surface area contributed by atoms with Gasteiger partial charge in [0.2, 0.25) is 5.91 Å². The highest BCUT2D eigenvalue weighted by atomic mass is 79.9. The largest absolute Gasteiger partial charge is 0.311 e. The number of carbonyl (C=O) groups is 1. The molecule has 0 saturated carbocycles. The third-order valence-corrected chi connectivity index (χ3v) is 4.61. The van der Waals surface area contributed by atoms with Gasteiger partial charge in [-0.05, 0) is 52.9 Å². The van der Waals surface area contributed by atoms with Crippen LogP contribution in [-0.4, -0.2) is 17.8 Å². The molecule has 0 aliphatic carbocycles. The van der Waals surface area contributed by atoms with Crippen molar-refractivity contribution < 1.29 is 4.79 Å². The van der Waals surface area contributed by atoms with Gasteiger partial charge in [0.05, 0.1) is 5.69 Å². The molecule has 0 spiro atoms. The molecule has 1 amide bonds. The van der Waals surface area contributed by atoms with E-state index in [0.29, 0.717) is 12.3 Å². The zero-order valence-electron chi connectivity index (χ0n) is 9.96. The molecule has 0 radical (unpaired) electrons. The van der Waals surface area contributed by atoms with Crippen LogP contribution in [0.1, 0.15) is 17.5 Å². The fraction of sp³-hybridized carbons (Fsp3) is 0.462. The Bertz CT molecular complexity index is 436. The van der Waals surface area contributed by atoms with Crippen LogP contribution in [0.25, 0.3) is 0 Å². The van der Waals surface area contributed by atoms with Gasteiger partial charge >= 0.3 is 0 Å². The summed E-state index contributed by atoms with van der Waals surface area (Å²) in [5.41, 5.74) is 3.39. The number of amides is 1. The Hall–Kier alpha value is -0.350. The first-order valence-corrected chi connectivity index (χ1v) is 7.57. The van der Waals surface area contributed by atoms with Crippen LogP contribution in [0.3, 0.4) is 0 Å². The van der Waals surface area contributed by atoms with Crippen molar-refractivity contribution in [3.63, 3.8) is 0 Å². The molecule has 1 aliphatic rings. The zero-order valence-corrected chi connectivity index (χ0v) is 13.1. The smallest absolute Gasteiger partial charge is 0.227 e. The Morgan fingerprint density at radius 2 is 2.12 bits per heavy atom. The van der Waals surface area contributed by atoms with E-state index in [0.717, 1.165) is 27.6 Å². The summed E-state index contributed by atoms with van der Waals surface area (Å²) in [5, 5.41) is 0.887. The summed E-state index contributed by atoms with van der Waals surface area (Å²) in [6, 6.07) is 4.19. The van der Waals surface area contributed by atoms with E-state index in [4.69, 9.17) is 0 Å². The average molecular weight is 361 g/mol. The first-order chi connectivity index (χ1) is 8.02. The number of anilines is 1. The van der Waals surface area contributed by atoms with Crippen LogP contribution >= 0.6 is 31.9 Å². The van der Waals surface area contributed by atoms with Gasteiger partial charge in [0.1, 0.15) is 0 Å². The molecular weight excluding hydrogens is 346 g/mol. The van der Waals surface area contributed by atoms with E-state index in [-0.39, 0.29) is 5.91 Å². The van der Waals surface area contributed by atoms with Crippen LogP contribution in [0, 0.1) is 19.8 Å². The maximum absolute atomic E-state index is 12.0. The summed E-state index contributed by atoms with van der Waals surface area (Å²) in [4.78, 5) is 13.9. The minimum absolute atomic E-state index is 0.224. The molecule has 1 aromatic carbocycles. The molecule has 1 unspecified atom stereocenters. The maximum Gasteiger partial charge on any atom is 0.227 e. The van der Waals surface area contributed by atoms with Crippen LogP contribution in [0.5, 0.6) is 0 Å². The molecule has 4 heteroatoms. The molecule has 1 aromatic rings. The molecule has 1 atom stereocenters. The third kappa shape index (κ3) is 2.58. The molecule has 0 N–H and O–H groups in total. The highest BCUT2D eigenvalue weighted by Crippen LogP contribution is 2.35. The quantitative estimate of drug-likeness (QED) is 0.734. The van der Waals surface area contributed by atoms with Crippen molar-refractivity contribution in [2.24, 2.45) is 5.92 Å². The number of hydrogen-bond acceptors (Lipinski definition) is 1. The fourth-order valence-electron chi connectivity index (χ4n) is 2.35. The van der Waals surface area contributed by atoms with Crippen molar-refractivity contribution >= 4 is 43.5 Å². The second kappa shape index (κ2) is 5.11. The number of benzene rings is 1. The lowest BCUT2D eigenvalue weighted by Crippen LogP contribution is -2.26. The lowest BCUT2D eigenvalue weighted by Gasteiger charge is -2.21. The number of alkyl halides is 1. The van der Waals surface area contributed by atoms with Crippen molar-refractivity contribution in [3.05, 3.63) is 27.7 Å². The Balaban J connectivity index is 2.38. The van der Waals surface area contributed by atoms with Crippen LogP contribution in [0.2, 0.25) is 0 Å². The van der Waals surface area contributed by atoms with Gasteiger partial charge in [-0.15, -0.1) is 0 Å². The summed E-state index contributed by atoms with van der Waals surface area (Å²) in [6.45, 7) is 4.93. The number of nitrogens with zero attached hydrogens (tertiary/aromatic N) is 1. The molecule has 92 valence electrons. The molecule has 0 aromatic heterocycles. The predicted molar refractivity (Wildman–Crippen MR) is 77.9 cm³/mol. The molecular formula is C13H15Br2NO. The Kier molecular flexibility index (Phi) is 3.93. The molecule has 2 nitrogen and oxygen atoms in total. The Morgan fingerprint density at radius 3 is 2.65 bits per heavy atom. The average Bonchev–Trinajstić information content (AvgIpc) is 2.59. The van der Waals surface area contributed by atoms with Gasteiger partial charge in [-0.1, -0.05) is 22.0 Å². The summed E-state index contributed by atoms with van der Waals surface area (Å²) in [7, 11) is 0. The van der Waals surface area contributed by atoms with Crippen molar-refractivity contribution in [1.29, 1.82) is 0 Å². The lowest BCUT2D eigenvalue weighted by molar-refractivity contribution is -0.117. The molecule has 1 aliphatic heterocycles. The third-order valence-electron chi connectivity index (χ3n) is 3.09. The van der Waals surface area contributed by atoms with Gasteiger partial charge in [0.15, 0.2) is 0 Å². The van der Waals surface area contributed by atoms with Crippen LogP contribution in [0.4, 0.5) is 5.69 Å². The zero-order chi connectivity index (χ0) is 12.6. The summed E-state index contributed by atoms with van der Waals surface area (Å²) < 4.78 is 1.01. The lowest BCUT2D eigenvalue weighted by atomic mass is 10.1. The second-order valence-electron chi connectivity index (χ2n) is 4.64. The van der Waals surface area contributed by atoms with Gasteiger partial charge in [-0.3, -0.25) is 4.79 Å². The van der Waals surface area contributed by atoms with Crippen LogP contribution in [-0.2, 0) is 4.79 Å². The first-order valence-electron chi connectivity index (χ1n) is 5.66. The van der Waals surface area contributed by atoms with E-state index < -0.39 is 0 Å². The standard InChI is InChI=1S/C13H15Br2NO/c1-8-3-9(2)13(11(15)4-8)16-7-10(6-14)5-12(16)17/h3-4,10H,5-7H2,1-2H3. The SMILES string of the molecule is Cc1cc(C)c(N2CC(CBr)CC2=O)c(Br)c1. The first kappa shape index (κ1) is 13.1. The molecule has 1 saturated heterocycles. The monoisotopic (exact) mass is 359 g/mol. The summed E-state index contributed by atoms with van der Waals surface area (Å²) in [5.74, 6) is 0.650. The van der Waals surface area contributed by atoms with Crippen molar-refractivity contribution in [2.45, 2.75) is 20.3 Å². The van der Waals surface area contributed by atoms with E-state index in [1.54, 1.807) is 0 Å². The van der Waals surface area contributed by atoms with Gasteiger partial charge in [-0.2, -0.15) is 0 Å². The molecule has 0 bridgehead atoms. The highest BCUT2D eigenvalue weighted by molar-refractivity contribution is 9.10. The summed E-state index contributed by atoms with van der Waals surface area (Å²) >= 11 is 7.03. The minimum atomic E-state index is 0.224. The van der Waals surface area contributed by atoms with Crippen LogP contribution < -0.4 is 4.90 Å². The molecule has 1 heterocycles. The van der Waals surface area contributed by atoms with Crippen molar-refractivity contribution in [2.75, 3.05) is 16.8 Å². The maximum atomic E-state index is 12.0. The molecule has 1 fully saturated rings. The van der Waals surface area contributed by atoms with Crippen LogP contribution in [0.15, 0.2) is 16.6 Å².